The van der Waals surface area contributed by atoms with Crippen LogP contribution in [-0.4, -0.2) is 12.5 Å². The van der Waals surface area contributed by atoms with Gasteiger partial charge in [0.15, 0.2) is 0 Å². The lowest BCUT2D eigenvalue weighted by Crippen LogP contribution is -2.17. The molecule has 0 bridgehead atoms. The molecule has 4 nitrogen and oxygen atoms in total. The van der Waals surface area contributed by atoms with Gasteiger partial charge in [-0.3, -0.25) is 4.79 Å². The van der Waals surface area contributed by atoms with E-state index in [1.165, 1.54) is 11.8 Å². The maximum atomic E-state index is 12.0. The molecule has 2 N–H and O–H groups in total. The first-order valence-electron chi connectivity index (χ1n) is 7.33. The van der Waals surface area contributed by atoms with Gasteiger partial charge in [-0.2, -0.15) is 5.26 Å². The zero-order valence-electron chi connectivity index (χ0n) is 12.9. The molecule has 0 radical (unpaired) electrons. The second-order valence-corrected chi connectivity index (χ2v) is 5.21. The topological polar surface area (TPSA) is 64.9 Å². The fourth-order valence-electron chi connectivity index (χ4n) is 1.75. The molecular formula is C17H23N3O. The largest absolute Gasteiger partial charge is 0.390 e. The van der Waals surface area contributed by atoms with E-state index in [9.17, 15) is 4.79 Å². The first-order valence-corrected chi connectivity index (χ1v) is 7.33. The zero-order valence-corrected chi connectivity index (χ0v) is 12.9. The molecule has 0 fully saturated rings. The smallest absolute Gasteiger partial charge is 0.267 e. The number of hydrogen-bond donors (Lipinski definition) is 2. The molecule has 0 atom stereocenters. The van der Waals surface area contributed by atoms with Crippen LogP contribution in [0.15, 0.2) is 36.0 Å². The van der Waals surface area contributed by atoms with Crippen molar-refractivity contribution < 1.29 is 4.79 Å². The Hall–Kier alpha value is -2.28. The van der Waals surface area contributed by atoms with Gasteiger partial charge in [-0.05, 0) is 30.0 Å². The van der Waals surface area contributed by atoms with Crippen molar-refractivity contribution in [2.45, 2.75) is 39.5 Å². The third kappa shape index (κ3) is 5.70. The second kappa shape index (κ2) is 8.80. The predicted octanol–water partition coefficient (Wildman–Crippen LogP) is 3.55. The molecule has 0 aliphatic heterocycles. The number of benzene rings is 1. The number of carbonyl (C=O) groups excluding carboxylic acids is 1. The minimum absolute atomic E-state index is 0.0824. The number of rotatable bonds is 7. The average molecular weight is 285 g/mol. The van der Waals surface area contributed by atoms with Crippen LogP contribution >= 0.6 is 0 Å². The van der Waals surface area contributed by atoms with Gasteiger partial charge < -0.3 is 10.6 Å². The van der Waals surface area contributed by atoms with Crippen molar-refractivity contribution in [1.29, 1.82) is 5.26 Å². The Morgan fingerprint density at radius 2 is 2.00 bits per heavy atom. The number of hydrogen-bond acceptors (Lipinski definition) is 3. The lowest BCUT2D eigenvalue weighted by molar-refractivity contribution is -0.112. The number of nitrogens with one attached hydrogen (secondary N) is 2. The van der Waals surface area contributed by atoms with Crippen molar-refractivity contribution in [2.75, 3.05) is 11.9 Å². The predicted molar refractivity (Wildman–Crippen MR) is 85.8 cm³/mol. The summed E-state index contributed by atoms with van der Waals surface area (Å²) in [5.74, 6) is 0.0610. The van der Waals surface area contributed by atoms with E-state index in [2.05, 4.69) is 31.4 Å². The van der Waals surface area contributed by atoms with Gasteiger partial charge in [0.05, 0.1) is 0 Å². The number of amides is 1. The standard InChI is InChI=1S/C17H23N3O/c1-4-5-10-19-12-15(11-18)17(21)20-16-8-6-14(7-9-16)13(2)3/h6-9,12-13,19H,4-5,10H2,1-3H3,(H,20,21)/b15-12-. The van der Waals surface area contributed by atoms with Gasteiger partial charge in [0.2, 0.25) is 0 Å². The monoisotopic (exact) mass is 285 g/mol. The molecule has 0 aliphatic rings. The summed E-state index contributed by atoms with van der Waals surface area (Å²) in [6, 6.07) is 9.59. The molecule has 112 valence electrons. The van der Waals surface area contributed by atoms with Crippen molar-refractivity contribution in [3.63, 3.8) is 0 Å². The lowest BCUT2D eigenvalue weighted by Gasteiger charge is -2.08. The van der Waals surface area contributed by atoms with Crippen molar-refractivity contribution in [1.82, 2.24) is 5.32 Å². The quantitative estimate of drug-likeness (QED) is 0.457. The number of nitriles is 1. The van der Waals surface area contributed by atoms with Crippen LogP contribution in [0, 0.1) is 11.3 Å². The highest BCUT2D eigenvalue weighted by Gasteiger charge is 2.09. The van der Waals surface area contributed by atoms with Crippen LogP contribution in [0.3, 0.4) is 0 Å². The Morgan fingerprint density at radius 1 is 1.33 bits per heavy atom. The summed E-state index contributed by atoms with van der Waals surface area (Å²) in [5.41, 5.74) is 1.99. The molecule has 0 saturated heterocycles. The molecule has 0 unspecified atom stereocenters. The van der Waals surface area contributed by atoms with Crippen molar-refractivity contribution in [3.8, 4) is 6.07 Å². The van der Waals surface area contributed by atoms with Crippen molar-refractivity contribution in [2.24, 2.45) is 0 Å². The number of carbonyl (C=O) groups is 1. The number of nitrogens with zero attached hydrogens (tertiary/aromatic N) is 1. The molecule has 0 aromatic heterocycles. The SMILES string of the molecule is CCCCN/C=C(/C#N)C(=O)Nc1ccc(C(C)C)cc1. The first-order chi connectivity index (χ1) is 10.1. The highest BCUT2D eigenvalue weighted by atomic mass is 16.1. The summed E-state index contributed by atoms with van der Waals surface area (Å²) >= 11 is 0. The van der Waals surface area contributed by atoms with Crippen molar-refractivity contribution in [3.05, 3.63) is 41.6 Å². The van der Waals surface area contributed by atoms with E-state index in [4.69, 9.17) is 5.26 Å². The van der Waals surface area contributed by atoms with Gasteiger partial charge in [-0.25, -0.2) is 0 Å². The van der Waals surface area contributed by atoms with E-state index in [1.54, 1.807) is 0 Å². The summed E-state index contributed by atoms with van der Waals surface area (Å²) < 4.78 is 0. The third-order valence-corrected chi connectivity index (χ3v) is 3.12. The average Bonchev–Trinajstić information content (AvgIpc) is 2.47. The Labute approximate surface area is 126 Å². The Balaban J connectivity index is 2.63. The van der Waals surface area contributed by atoms with E-state index < -0.39 is 5.91 Å². The molecule has 4 heteroatoms. The molecular weight excluding hydrogens is 262 g/mol. The van der Waals surface area contributed by atoms with Crippen LogP contribution in [0.4, 0.5) is 5.69 Å². The van der Waals surface area contributed by atoms with Gasteiger partial charge >= 0.3 is 0 Å². The van der Waals surface area contributed by atoms with E-state index >= 15 is 0 Å². The molecule has 1 aromatic rings. The molecule has 0 heterocycles. The zero-order chi connectivity index (χ0) is 15.7. The minimum atomic E-state index is -0.390. The summed E-state index contributed by atoms with van der Waals surface area (Å²) in [6.45, 7) is 7.08. The van der Waals surface area contributed by atoms with Gasteiger partial charge in [0.1, 0.15) is 11.6 Å². The molecule has 1 aromatic carbocycles. The summed E-state index contributed by atoms with van der Waals surface area (Å²) in [7, 11) is 0. The van der Waals surface area contributed by atoms with E-state index in [1.807, 2.05) is 30.3 Å². The van der Waals surface area contributed by atoms with E-state index in [0.29, 0.717) is 11.6 Å². The molecule has 0 spiro atoms. The Kier molecular flexibility index (Phi) is 7.03. The van der Waals surface area contributed by atoms with Crippen molar-refractivity contribution >= 4 is 11.6 Å². The van der Waals surface area contributed by atoms with Crippen LogP contribution < -0.4 is 10.6 Å². The van der Waals surface area contributed by atoms with Crippen LogP contribution in [-0.2, 0) is 4.79 Å². The van der Waals surface area contributed by atoms with Gasteiger partial charge in [-0.15, -0.1) is 0 Å². The highest BCUT2D eigenvalue weighted by Crippen LogP contribution is 2.17. The van der Waals surface area contributed by atoms with Crippen LogP contribution in [0.2, 0.25) is 0 Å². The van der Waals surface area contributed by atoms with Crippen LogP contribution in [0.5, 0.6) is 0 Å². The fraction of sp³-hybridized carbons (Fsp3) is 0.412. The van der Waals surface area contributed by atoms with Gasteiger partial charge in [0, 0.05) is 18.4 Å². The fourth-order valence-corrected chi connectivity index (χ4v) is 1.75. The molecule has 0 saturated carbocycles. The number of unbranched alkanes of at least 4 members (excludes halogenated alkanes) is 1. The molecule has 21 heavy (non-hydrogen) atoms. The summed E-state index contributed by atoms with van der Waals surface area (Å²) in [4.78, 5) is 12.0. The number of anilines is 1. The van der Waals surface area contributed by atoms with Gasteiger partial charge in [-0.1, -0.05) is 39.3 Å². The lowest BCUT2D eigenvalue weighted by atomic mass is 10.0. The second-order valence-electron chi connectivity index (χ2n) is 5.21. The Morgan fingerprint density at radius 3 is 2.52 bits per heavy atom. The van der Waals surface area contributed by atoms with Crippen LogP contribution in [0.1, 0.15) is 45.1 Å². The maximum Gasteiger partial charge on any atom is 0.267 e. The molecule has 1 amide bonds. The molecule has 0 aliphatic carbocycles. The summed E-state index contributed by atoms with van der Waals surface area (Å²) in [5, 5.41) is 14.7. The Bertz CT molecular complexity index is 524. The maximum absolute atomic E-state index is 12.0. The van der Waals surface area contributed by atoms with Gasteiger partial charge in [0.25, 0.3) is 5.91 Å². The van der Waals surface area contributed by atoms with E-state index in [0.717, 1.165) is 19.4 Å². The van der Waals surface area contributed by atoms with E-state index in [-0.39, 0.29) is 5.57 Å². The molecule has 1 rings (SSSR count). The highest BCUT2D eigenvalue weighted by molar-refractivity contribution is 6.06. The third-order valence-electron chi connectivity index (χ3n) is 3.12. The van der Waals surface area contributed by atoms with Crippen LogP contribution in [0.25, 0.3) is 0 Å². The normalized spacial score (nSPS) is 11.1. The first kappa shape index (κ1) is 16.8. The summed E-state index contributed by atoms with van der Waals surface area (Å²) in [6.07, 6.45) is 3.55. The minimum Gasteiger partial charge on any atom is -0.390 e.